The zero-order valence-electron chi connectivity index (χ0n) is 7.46. The van der Waals surface area contributed by atoms with Crippen LogP contribution in [-0.2, 0) is 4.79 Å². The number of hydrogen-bond acceptors (Lipinski definition) is 1. The summed E-state index contributed by atoms with van der Waals surface area (Å²) in [6, 6.07) is 0.566. The molecule has 0 aliphatic carbocycles. The monoisotopic (exact) mass is 166 g/mol. The van der Waals surface area contributed by atoms with Gasteiger partial charge in [-0.15, -0.1) is 0 Å². The van der Waals surface area contributed by atoms with Gasteiger partial charge in [0.05, 0.1) is 19.5 Å². The molecule has 2 saturated heterocycles. The Bertz CT molecular complexity index is 224. The molecule has 0 aromatic heterocycles. The minimum Gasteiger partial charge on any atom is -0.311 e. The van der Waals surface area contributed by atoms with E-state index in [0.717, 1.165) is 24.0 Å². The van der Waals surface area contributed by atoms with Crippen molar-refractivity contribution in [3.8, 4) is 0 Å². The number of nitrogens with zero attached hydrogens (tertiary/aromatic N) is 1. The number of Topliss-reactive ketones (excluding diaryl/α,β-unsaturated/α-hetero) is 1. The van der Waals surface area contributed by atoms with E-state index in [1.54, 1.807) is 0 Å². The summed E-state index contributed by atoms with van der Waals surface area (Å²) in [6.45, 7) is 6.90. The first-order valence-corrected chi connectivity index (χ1v) is 4.77. The Morgan fingerprint density at radius 3 is 2.92 bits per heavy atom. The van der Waals surface area contributed by atoms with Gasteiger partial charge in [-0.25, -0.2) is 0 Å². The van der Waals surface area contributed by atoms with Gasteiger partial charge < -0.3 is 4.48 Å². The Labute approximate surface area is 73.5 Å². The van der Waals surface area contributed by atoms with Crippen LogP contribution in [-0.4, -0.2) is 35.9 Å². The molecule has 2 aliphatic rings. The van der Waals surface area contributed by atoms with Gasteiger partial charge >= 0.3 is 0 Å². The van der Waals surface area contributed by atoms with Crippen LogP contribution < -0.4 is 0 Å². The molecule has 2 heteroatoms. The Morgan fingerprint density at radius 1 is 1.50 bits per heavy atom. The molecule has 0 aromatic rings. The summed E-state index contributed by atoms with van der Waals surface area (Å²) in [7, 11) is 0. The molecule has 1 spiro atoms. The van der Waals surface area contributed by atoms with Gasteiger partial charge in [-0.3, -0.25) is 4.79 Å². The van der Waals surface area contributed by atoms with Crippen LogP contribution in [0.1, 0.15) is 19.3 Å². The molecular weight excluding hydrogens is 150 g/mol. The van der Waals surface area contributed by atoms with Crippen molar-refractivity contribution in [2.24, 2.45) is 0 Å². The summed E-state index contributed by atoms with van der Waals surface area (Å²) in [5.74, 6) is 0.448. The van der Waals surface area contributed by atoms with Crippen LogP contribution in [0.25, 0.3) is 0 Å². The fourth-order valence-corrected chi connectivity index (χ4v) is 2.73. The van der Waals surface area contributed by atoms with E-state index in [1.807, 2.05) is 6.08 Å². The summed E-state index contributed by atoms with van der Waals surface area (Å²) in [6.07, 6.45) is 5.34. The second-order valence-corrected chi connectivity index (χ2v) is 4.06. The number of rotatable bonds is 1. The molecule has 2 rings (SSSR count). The topological polar surface area (TPSA) is 17.1 Å². The molecule has 66 valence electrons. The van der Waals surface area contributed by atoms with Gasteiger partial charge in [0.2, 0.25) is 0 Å². The quantitative estimate of drug-likeness (QED) is 0.421. The molecule has 2 atom stereocenters. The van der Waals surface area contributed by atoms with E-state index in [0.29, 0.717) is 11.8 Å². The van der Waals surface area contributed by atoms with Crippen LogP contribution in [0.5, 0.6) is 0 Å². The lowest BCUT2D eigenvalue weighted by molar-refractivity contribution is -0.918. The van der Waals surface area contributed by atoms with E-state index < -0.39 is 0 Å². The minimum atomic E-state index is 0.448. The first-order chi connectivity index (χ1) is 5.77. The highest BCUT2D eigenvalue weighted by Gasteiger charge is 2.45. The fourth-order valence-electron chi connectivity index (χ4n) is 2.73. The summed E-state index contributed by atoms with van der Waals surface area (Å²) in [4.78, 5) is 11.2. The van der Waals surface area contributed by atoms with Crippen molar-refractivity contribution in [3.05, 3.63) is 12.7 Å². The van der Waals surface area contributed by atoms with E-state index in [4.69, 9.17) is 0 Å². The third-order valence-electron chi connectivity index (χ3n) is 3.41. The Morgan fingerprint density at radius 2 is 2.33 bits per heavy atom. The van der Waals surface area contributed by atoms with Crippen LogP contribution >= 0.6 is 0 Å². The van der Waals surface area contributed by atoms with Gasteiger partial charge in [-0.2, -0.15) is 0 Å². The molecule has 2 aliphatic heterocycles. The van der Waals surface area contributed by atoms with Crippen molar-refractivity contribution in [3.63, 3.8) is 0 Å². The molecule has 0 bridgehead atoms. The lowest BCUT2D eigenvalue weighted by atomic mass is 10.2. The van der Waals surface area contributed by atoms with Crippen LogP contribution in [0.2, 0.25) is 0 Å². The molecule has 2 nitrogen and oxygen atoms in total. The summed E-state index contributed by atoms with van der Waals surface area (Å²) < 4.78 is 1.03. The van der Waals surface area contributed by atoms with E-state index in [2.05, 4.69) is 6.58 Å². The number of quaternary nitrogens is 1. The molecular formula is C10H16NO+. The van der Waals surface area contributed by atoms with Crippen LogP contribution in [0.3, 0.4) is 0 Å². The third-order valence-corrected chi connectivity index (χ3v) is 3.41. The standard InChI is InChI=1S/C10H16NO/c1-2-9-4-3-6-11(9)7-5-10(12)8-11/h2,9H,1,3-8H2/q+1/t9-,11+/m1/s1. The van der Waals surface area contributed by atoms with Crippen molar-refractivity contribution in [1.82, 2.24) is 0 Å². The molecule has 12 heavy (non-hydrogen) atoms. The highest BCUT2D eigenvalue weighted by Crippen LogP contribution is 2.31. The largest absolute Gasteiger partial charge is 0.311 e. The third kappa shape index (κ3) is 1.02. The molecule has 0 unspecified atom stereocenters. The van der Waals surface area contributed by atoms with E-state index >= 15 is 0 Å². The Balaban J connectivity index is 2.19. The SMILES string of the molecule is C=C[C@@H]1CCC[N@@+]12CCC(=O)C2. The molecule has 0 aromatic carbocycles. The van der Waals surface area contributed by atoms with Gasteiger partial charge in [-0.1, -0.05) is 6.58 Å². The molecule has 0 radical (unpaired) electrons. The molecule has 2 heterocycles. The van der Waals surface area contributed by atoms with Gasteiger partial charge in [0.25, 0.3) is 0 Å². The van der Waals surface area contributed by atoms with Gasteiger partial charge in [0.15, 0.2) is 5.78 Å². The van der Waals surface area contributed by atoms with E-state index in [9.17, 15) is 4.79 Å². The smallest absolute Gasteiger partial charge is 0.192 e. The van der Waals surface area contributed by atoms with Gasteiger partial charge in [-0.05, 0) is 6.08 Å². The van der Waals surface area contributed by atoms with Crippen molar-refractivity contribution >= 4 is 5.78 Å². The first-order valence-electron chi connectivity index (χ1n) is 4.77. The predicted molar refractivity (Wildman–Crippen MR) is 47.7 cm³/mol. The van der Waals surface area contributed by atoms with Crippen LogP contribution in [0.4, 0.5) is 0 Å². The maximum Gasteiger partial charge on any atom is 0.192 e. The lowest BCUT2D eigenvalue weighted by Crippen LogP contribution is -2.48. The number of carbonyl (C=O) groups is 1. The lowest BCUT2D eigenvalue weighted by Gasteiger charge is -2.33. The van der Waals surface area contributed by atoms with Crippen molar-refractivity contribution in [2.75, 3.05) is 19.6 Å². The summed E-state index contributed by atoms with van der Waals surface area (Å²) >= 11 is 0. The summed E-state index contributed by atoms with van der Waals surface area (Å²) in [5.41, 5.74) is 0. The van der Waals surface area contributed by atoms with E-state index in [1.165, 1.54) is 19.4 Å². The zero-order chi connectivity index (χ0) is 8.60. The normalized spacial score (nSPS) is 41.0. The number of ketones is 1. The van der Waals surface area contributed by atoms with E-state index in [-0.39, 0.29) is 0 Å². The number of carbonyl (C=O) groups excluding carboxylic acids is 1. The van der Waals surface area contributed by atoms with Crippen LogP contribution in [0.15, 0.2) is 12.7 Å². The Hall–Kier alpha value is -0.630. The Kier molecular flexibility index (Phi) is 1.80. The van der Waals surface area contributed by atoms with Crippen molar-refractivity contribution in [2.45, 2.75) is 25.3 Å². The van der Waals surface area contributed by atoms with Gasteiger partial charge in [0, 0.05) is 12.8 Å². The molecule has 2 fully saturated rings. The highest BCUT2D eigenvalue weighted by molar-refractivity contribution is 5.81. The molecule has 0 amide bonds. The van der Waals surface area contributed by atoms with Crippen LogP contribution in [0, 0.1) is 0 Å². The maximum absolute atomic E-state index is 11.2. The minimum absolute atomic E-state index is 0.448. The zero-order valence-corrected chi connectivity index (χ0v) is 7.46. The first kappa shape index (κ1) is 7.99. The van der Waals surface area contributed by atoms with Crippen molar-refractivity contribution in [1.29, 1.82) is 0 Å². The highest BCUT2D eigenvalue weighted by atomic mass is 16.1. The predicted octanol–water partition coefficient (Wildman–Crippen LogP) is 1.12. The molecule has 0 saturated carbocycles. The molecule has 0 N–H and O–H groups in total. The average Bonchev–Trinajstić information content (AvgIpc) is 2.60. The number of hydrogen-bond donors (Lipinski definition) is 0. The van der Waals surface area contributed by atoms with Crippen molar-refractivity contribution < 1.29 is 9.28 Å². The second kappa shape index (κ2) is 2.70. The average molecular weight is 166 g/mol. The van der Waals surface area contributed by atoms with Gasteiger partial charge in [0.1, 0.15) is 12.6 Å². The fraction of sp³-hybridized carbons (Fsp3) is 0.700. The summed E-state index contributed by atoms with van der Waals surface area (Å²) in [5, 5.41) is 0. The second-order valence-electron chi connectivity index (χ2n) is 4.06. The maximum atomic E-state index is 11.2.